The van der Waals surface area contributed by atoms with Gasteiger partial charge in [0.2, 0.25) is 0 Å². The van der Waals surface area contributed by atoms with Crippen LogP contribution in [0.4, 0.5) is 11.4 Å². The minimum Gasteiger partial charge on any atom is -0.367 e. The molecule has 2 aromatic carbocycles. The van der Waals surface area contributed by atoms with E-state index in [1.165, 1.54) is 0 Å². The summed E-state index contributed by atoms with van der Waals surface area (Å²) in [5.41, 5.74) is 2.38. The molecular weight excluding hydrogens is 358 g/mol. The molecule has 0 aliphatic carbocycles. The number of nitrogens with zero attached hydrogens (tertiary/aromatic N) is 2. The molecule has 1 aliphatic rings. The van der Waals surface area contributed by atoms with Crippen LogP contribution in [-0.2, 0) is 10.0 Å². The van der Waals surface area contributed by atoms with E-state index in [4.69, 9.17) is 11.6 Å². The van der Waals surface area contributed by atoms with Gasteiger partial charge in [0.15, 0.2) is 0 Å². The van der Waals surface area contributed by atoms with E-state index in [1.54, 1.807) is 36.4 Å². The summed E-state index contributed by atoms with van der Waals surface area (Å²) < 4.78 is 28.2. The molecule has 0 saturated carbocycles. The maximum atomic E-state index is 12.7. The van der Waals surface area contributed by atoms with Gasteiger partial charge in [-0.2, -0.15) is 0 Å². The predicted molar refractivity (Wildman–Crippen MR) is 103 cm³/mol. The maximum absolute atomic E-state index is 12.7. The summed E-state index contributed by atoms with van der Waals surface area (Å²) >= 11 is 6.11. The third-order valence-electron chi connectivity index (χ3n) is 4.38. The number of hydrogen-bond acceptors (Lipinski definition) is 4. The van der Waals surface area contributed by atoms with Gasteiger partial charge >= 0.3 is 0 Å². The first-order valence-corrected chi connectivity index (χ1v) is 10.0. The van der Waals surface area contributed by atoms with Crippen LogP contribution in [0.15, 0.2) is 47.4 Å². The normalized spacial score (nSPS) is 16.0. The second kappa shape index (κ2) is 7.23. The van der Waals surface area contributed by atoms with Crippen molar-refractivity contribution in [3.05, 3.63) is 53.1 Å². The number of piperazine rings is 1. The molecule has 1 saturated heterocycles. The molecule has 0 bridgehead atoms. The zero-order valence-corrected chi connectivity index (χ0v) is 15.9. The van der Waals surface area contributed by atoms with Crippen molar-refractivity contribution < 1.29 is 8.42 Å². The smallest absolute Gasteiger partial charge is 0.261 e. The van der Waals surface area contributed by atoms with Crippen LogP contribution < -0.4 is 9.62 Å². The Hall–Kier alpha value is -1.76. The van der Waals surface area contributed by atoms with E-state index in [0.29, 0.717) is 10.7 Å². The number of aryl methyl sites for hydroxylation is 1. The topological polar surface area (TPSA) is 52.7 Å². The molecule has 7 heteroatoms. The Bertz CT molecular complexity index is 845. The standard InChI is InChI=1S/C18H22ClN3O2S/c1-14-3-6-16(7-4-14)25(23,24)20-17-13-15(19)5-8-18(17)22-11-9-21(2)10-12-22/h3-8,13,20H,9-12H2,1-2H3. The fourth-order valence-corrected chi connectivity index (χ4v) is 4.07. The molecule has 0 amide bonds. The quantitative estimate of drug-likeness (QED) is 0.886. The lowest BCUT2D eigenvalue weighted by Crippen LogP contribution is -2.44. The number of benzene rings is 2. The number of rotatable bonds is 4. The van der Waals surface area contributed by atoms with E-state index in [0.717, 1.165) is 37.4 Å². The number of halogens is 1. The van der Waals surface area contributed by atoms with E-state index in [9.17, 15) is 8.42 Å². The van der Waals surface area contributed by atoms with E-state index >= 15 is 0 Å². The molecule has 134 valence electrons. The summed E-state index contributed by atoms with van der Waals surface area (Å²) in [5.74, 6) is 0. The van der Waals surface area contributed by atoms with Crippen molar-refractivity contribution in [3.8, 4) is 0 Å². The summed E-state index contributed by atoms with van der Waals surface area (Å²) in [6.07, 6.45) is 0. The molecule has 0 atom stereocenters. The average Bonchev–Trinajstić information content (AvgIpc) is 2.56. The van der Waals surface area contributed by atoms with Crippen LogP contribution in [0.1, 0.15) is 5.56 Å². The van der Waals surface area contributed by atoms with Gasteiger partial charge in [-0.25, -0.2) is 8.42 Å². The molecule has 2 aromatic rings. The van der Waals surface area contributed by atoms with E-state index in [2.05, 4.69) is 21.6 Å². The van der Waals surface area contributed by atoms with Crippen LogP contribution in [0.25, 0.3) is 0 Å². The number of nitrogens with one attached hydrogen (secondary N) is 1. The van der Waals surface area contributed by atoms with Gasteiger partial charge in [-0.05, 0) is 44.3 Å². The van der Waals surface area contributed by atoms with E-state index in [1.807, 2.05) is 13.0 Å². The highest BCUT2D eigenvalue weighted by Gasteiger charge is 2.21. The molecule has 1 fully saturated rings. The number of likely N-dealkylation sites (N-methyl/N-ethyl adjacent to an activating group) is 1. The molecule has 0 radical (unpaired) electrons. The van der Waals surface area contributed by atoms with Crippen LogP contribution in [0, 0.1) is 6.92 Å². The summed E-state index contributed by atoms with van der Waals surface area (Å²) in [6, 6.07) is 12.1. The van der Waals surface area contributed by atoms with Crippen molar-refractivity contribution >= 4 is 33.0 Å². The Morgan fingerprint density at radius 2 is 1.64 bits per heavy atom. The van der Waals surface area contributed by atoms with Gasteiger partial charge in [0.05, 0.1) is 16.3 Å². The van der Waals surface area contributed by atoms with Crippen LogP contribution in [0.5, 0.6) is 0 Å². The number of anilines is 2. The summed E-state index contributed by atoms with van der Waals surface area (Å²) in [6.45, 7) is 5.49. The molecule has 5 nitrogen and oxygen atoms in total. The predicted octanol–water partition coefficient (Wildman–Crippen LogP) is 3.20. The largest absolute Gasteiger partial charge is 0.367 e. The molecule has 0 aromatic heterocycles. The molecule has 3 rings (SSSR count). The SMILES string of the molecule is Cc1ccc(S(=O)(=O)Nc2cc(Cl)ccc2N2CCN(C)CC2)cc1. The van der Waals surface area contributed by atoms with Crippen molar-refractivity contribution in [2.24, 2.45) is 0 Å². The lowest BCUT2D eigenvalue weighted by molar-refractivity contribution is 0.313. The Morgan fingerprint density at radius 1 is 1.00 bits per heavy atom. The highest BCUT2D eigenvalue weighted by atomic mass is 35.5. The molecule has 1 N–H and O–H groups in total. The van der Waals surface area contributed by atoms with Gasteiger partial charge < -0.3 is 9.80 Å². The second-order valence-electron chi connectivity index (χ2n) is 6.37. The van der Waals surface area contributed by atoms with Crippen molar-refractivity contribution in [2.45, 2.75) is 11.8 Å². The number of sulfonamides is 1. The van der Waals surface area contributed by atoms with E-state index in [-0.39, 0.29) is 4.90 Å². The first kappa shape index (κ1) is 18.0. The fraction of sp³-hybridized carbons (Fsp3) is 0.333. The Morgan fingerprint density at radius 3 is 2.28 bits per heavy atom. The molecule has 1 heterocycles. The highest BCUT2D eigenvalue weighted by Crippen LogP contribution is 2.31. The zero-order valence-electron chi connectivity index (χ0n) is 14.4. The summed E-state index contributed by atoms with van der Waals surface area (Å²) in [7, 11) is -1.58. The van der Waals surface area contributed by atoms with Gasteiger partial charge in [-0.15, -0.1) is 0 Å². The van der Waals surface area contributed by atoms with E-state index < -0.39 is 10.0 Å². The molecule has 0 unspecified atom stereocenters. The van der Waals surface area contributed by atoms with Crippen molar-refractivity contribution in [2.75, 3.05) is 42.8 Å². The van der Waals surface area contributed by atoms with Crippen LogP contribution in [0.3, 0.4) is 0 Å². The Balaban J connectivity index is 1.91. The minimum absolute atomic E-state index is 0.238. The van der Waals surface area contributed by atoms with Crippen molar-refractivity contribution in [1.29, 1.82) is 0 Å². The molecule has 1 aliphatic heterocycles. The third kappa shape index (κ3) is 4.26. The molecular formula is C18H22ClN3O2S. The number of hydrogen-bond donors (Lipinski definition) is 1. The second-order valence-corrected chi connectivity index (χ2v) is 8.49. The average molecular weight is 380 g/mol. The Labute approximate surface area is 154 Å². The molecule has 25 heavy (non-hydrogen) atoms. The van der Waals surface area contributed by atoms with Crippen molar-refractivity contribution in [3.63, 3.8) is 0 Å². The summed E-state index contributed by atoms with van der Waals surface area (Å²) in [5, 5.41) is 0.500. The van der Waals surface area contributed by atoms with Gasteiger partial charge in [0.1, 0.15) is 0 Å². The Kier molecular flexibility index (Phi) is 5.22. The zero-order chi connectivity index (χ0) is 18.0. The van der Waals surface area contributed by atoms with Gasteiger partial charge in [-0.1, -0.05) is 29.3 Å². The monoisotopic (exact) mass is 379 g/mol. The summed E-state index contributed by atoms with van der Waals surface area (Å²) in [4.78, 5) is 4.67. The lowest BCUT2D eigenvalue weighted by Gasteiger charge is -2.35. The van der Waals surface area contributed by atoms with Crippen LogP contribution >= 0.6 is 11.6 Å². The van der Waals surface area contributed by atoms with Crippen molar-refractivity contribution in [1.82, 2.24) is 4.90 Å². The van der Waals surface area contributed by atoms with Gasteiger partial charge in [0, 0.05) is 31.2 Å². The van der Waals surface area contributed by atoms with Crippen LogP contribution in [0.2, 0.25) is 5.02 Å². The lowest BCUT2D eigenvalue weighted by atomic mass is 10.2. The van der Waals surface area contributed by atoms with Gasteiger partial charge in [-0.3, -0.25) is 4.72 Å². The first-order chi connectivity index (χ1) is 11.8. The fourth-order valence-electron chi connectivity index (χ4n) is 2.83. The molecule has 0 spiro atoms. The first-order valence-electron chi connectivity index (χ1n) is 8.18. The van der Waals surface area contributed by atoms with Gasteiger partial charge in [0.25, 0.3) is 10.0 Å². The minimum atomic E-state index is -3.66. The maximum Gasteiger partial charge on any atom is 0.261 e. The third-order valence-corrected chi connectivity index (χ3v) is 5.99. The highest BCUT2D eigenvalue weighted by molar-refractivity contribution is 7.92. The van der Waals surface area contributed by atoms with Crippen LogP contribution in [-0.4, -0.2) is 46.5 Å².